The molecule has 0 N–H and O–H groups in total. The molecule has 3 nitrogen and oxygen atoms in total. The summed E-state index contributed by atoms with van der Waals surface area (Å²) in [4.78, 5) is 0. The molecule has 0 fully saturated rings. The molecule has 0 aliphatic rings. The van der Waals surface area contributed by atoms with Gasteiger partial charge in [-0.15, -0.1) is 0 Å². The Morgan fingerprint density at radius 1 is 0.500 bits per heavy atom. The maximum absolute atomic E-state index is 6.07. The molecule has 0 bridgehead atoms. The maximum atomic E-state index is 6.07. The highest BCUT2D eigenvalue weighted by molar-refractivity contribution is 5.38. The van der Waals surface area contributed by atoms with Gasteiger partial charge in [-0.05, 0) is 96.8 Å². The van der Waals surface area contributed by atoms with Crippen LogP contribution in [0.2, 0.25) is 0 Å². The SMILES string of the molecule is CC(C)OCOc1ccc(Cc2ccc(Oc3ccc(Cc4ccc(C(C)C)cc4)cc3)cc2)cc1. The molecule has 0 heterocycles. The summed E-state index contributed by atoms with van der Waals surface area (Å²) in [6.45, 7) is 8.71. The third-order valence-electron chi connectivity index (χ3n) is 6.10. The van der Waals surface area contributed by atoms with E-state index in [9.17, 15) is 0 Å². The molecule has 4 aromatic rings. The summed E-state index contributed by atoms with van der Waals surface area (Å²) in [5.41, 5.74) is 6.45. The van der Waals surface area contributed by atoms with E-state index in [1.165, 1.54) is 27.8 Å². The molecule has 0 atom stereocenters. The standard InChI is InChI=1S/C33H36O3/c1-24(2)30-13-5-26(6-14-30)21-28-9-17-32(18-10-28)36-33-19-11-29(12-20-33)22-27-7-15-31(16-8-27)35-23-34-25(3)4/h5-20,24-25H,21-23H2,1-4H3. The van der Waals surface area contributed by atoms with E-state index in [-0.39, 0.29) is 12.9 Å². The van der Waals surface area contributed by atoms with Crippen molar-refractivity contribution in [1.29, 1.82) is 0 Å². The fourth-order valence-electron chi connectivity index (χ4n) is 3.92. The first-order chi connectivity index (χ1) is 17.4. The Kier molecular flexibility index (Phi) is 8.80. The minimum absolute atomic E-state index is 0.161. The van der Waals surface area contributed by atoms with Crippen LogP contribution in [-0.2, 0) is 17.6 Å². The molecule has 0 amide bonds. The first-order valence-corrected chi connectivity index (χ1v) is 12.7. The third kappa shape index (κ3) is 7.73. The van der Waals surface area contributed by atoms with Crippen molar-refractivity contribution in [2.45, 2.75) is 52.6 Å². The lowest BCUT2D eigenvalue weighted by atomic mass is 9.99. The largest absolute Gasteiger partial charge is 0.468 e. The highest BCUT2D eigenvalue weighted by Crippen LogP contribution is 2.24. The van der Waals surface area contributed by atoms with Crippen molar-refractivity contribution in [3.63, 3.8) is 0 Å². The van der Waals surface area contributed by atoms with Gasteiger partial charge in [0.15, 0.2) is 6.79 Å². The first kappa shape index (κ1) is 25.5. The summed E-state index contributed by atoms with van der Waals surface area (Å²) in [7, 11) is 0. The van der Waals surface area contributed by atoms with E-state index in [1.807, 2.05) is 50.2 Å². The molecule has 0 unspecified atom stereocenters. The summed E-state index contributed by atoms with van der Waals surface area (Å²) in [5.74, 6) is 3.06. The van der Waals surface area contributed by atoms with Gasteiger partial charge in [0.05, 0.1) is 6.10 Å². The summed E-state index contributed by atoms with van der Waals surface area (Å²) in [6, 6.07) is 33.7. The summed E-state index contributed by atoms with van der Waals surface area (Å²) in [5, 5.41) is 0. The topological polar surface area (TPSA) is 27.7 Å². The Morgan fingerprint density at radius 3 is 1.28 bits per heavy atom. The molecule has 4 aromatic carbocycles. The van der Waals surface area contributed by atoms with E-state index >= 15 is 0 Å². The molecule has 0 aromatic heterocycles. The minimum atomic E-state index is 0.161. The number of ether oxygens (including phenoxy) is 3. The summed E-state index contributed by atoms with van der Waals surface area (Å²) in [6.07, 6.45) is 1.94. The fraction of sp³-hybridized carbons (Fsp3) is 0.273. The van der Waals surface area contributed by atoms with Crippen LogP contribution in [0, 0.1) is 0 Å². The zero-order valence-corrected chi connectivity index (χ0v) is 21.7. The van der Waals surface area contributed by atoms with Gasteiger partial charge in [0.25, 0.3) is 0 Å². The molecule has 3 heteroatoms. The van der Waals surface area contributed by atoms with Gasteiger partial charge >= 0.3 is 0 Å². The van der Waals surface area contributed by atoms with Gasteiger partial charge in [-0.25, -0.2) is 0 Å². The summed E-state index contributed by atoms with van der Waals surface area (Å²) >= 11 is 0. The van der Waals surface area contributed by atoms with Crippen LogP contribution in [0.25, 0.3) is 0 Å². The van der Waals surface area contributed by atoms with Crippen molar-refractivity contribution in [1.82, 2.24) is 0 Å². The van der Waals surface area contributed by atoms with E-state index in [4.69, 9.17) is 14.2 Å². The highest BCUT2D eigenvalue weighted by atomic mass is 16.7. The van der Waals surface area contributed by atoms with Gasteiger partial charge in [-0.3, -0.25) is 0 Å². The van der Waals surface area contributed by atoms with Gasteiger partial charge < -0.3 is 14.2 Å². The second-order valence-corrected chi connectivity index (χ2v) is 9.76. The summed E-state index contributed by atoms with van der Waals surface area (Å²) < 4.78 is 17.1. The number of benzene rings is 4. The van der Waals surface area contributed by atoms with E-state index in [0.717, 1.165) is 30.1 Å². The van der Waals surface area contributed by atoms with Crippen LogP contribution < -0.4 is 9.47 Å². The molecule has 0 saturated heterocycles. The molecule has 4 rings (SSSR count). The van der Waals surface area contributed by atoms with Crippen molar-refractivity contribution in [3.8, 4) is 17.2 Å². The van der Waals surface area contributed by atoms with Crippen molar-refractivity contribution in [3.05, 3.63) is 125 Å². The van der Waals surface area contributed by atoms with Crippen molar-refractivity contribution in [2.75, 3.05) is 6.79 Å². The van der Waals surface area contributed by atoms with Crippen molar-refractivity contribution in [2.24, 2.45) is 0 Å². The molecular formula is C33H36O3. The van der Waals surface area contributed by atoms with Crippen LogP contribution in [0.4, 0.5) is 0 Å². The smallest absolute Gasteiger partial charge is 0.189 e. The normalized spacial score (nSPS) is 11.2. The van der Waals surface area contributed by atoms with Gasteiger partial charge in [0.2, 0.25) is 0 Å². The monoisotopic (exact) mass is 480 g/mol. The molecule has 0 aliphatic heterocycles. The zero-order valence-electron chi connectivity index (χ0n) is 21.7. The first-order valence-electron chi connectivity index (χ1n) is 12.7. The Labute approximate surface area is 215 Å². The van der Waals surface area contributed by atoms with E-state index in [0.29, 0.717) is 5.92 Å². The van der Waals surface area contributed by atoms with Crippen LogP contribution in [0.3, 0.4) is 0 Å². The van der Waals surface area contributed by atoms with E-state index in [2.05, 4.69) is 74.5 Å². The lowest BCUT2D eigenvalue weighted by molar-refractivity contribution is -0.0199. The molecule has 0 spiro atoms. The lowest BCUT2D eigenvalue weighted by Gasteiger charge is -2.10. The second-order valence-electron chi connectivity index (χ2n) is 9.76. The average molecular weight is 481 g/mol. The molecular weight excluding hydrogens is 444 g/mol. The lowest BCUT2D eigenvalue weighted by Crippen LogP contribution is -2.09. The zero-order chi connectivity index (χ0) is 25.3. The van der Waals surface area contributed by atoms with E-state index < -0.39 is 0 Å². The molecule has 36 heavy (non-hydrogen) atoms. The van der Waals surface area contributed by atoms with Crippen molar-refractivity contribution < 1.29 is 14.2 Å². The van der Waals surface area contributed by atoms with Crippen molar-refractivity contribution >= 4 is 0 Å². The van der Waals surface area contributed by atoms with Crippen LogP contribution in [0.15, 0.2) is 97.1 Å². The van der Waals surface area contributed by atoms with Gasteiger partial charge in [0, 0.05) is 0 Å². The maximum Gasteiger partial charge on any atom is 0.189 e. The van der Waals surface area contributed by atoms with Crippen LogP contribution in [-0.4, -0.2) is 12.9 Å². The Bertz CT molecular complexity index is 1190. The predicted molar refractivity (Wildman–Crippen MR) is 147 cm³/mol. The van der Waals surface area contributed by atoms with Crippen LogP contribution in [0.1, 0.15) is 61.4 Å². The quantitative estimate of drug-likeness (QED) is 0.201. The third-order valence-corrected chi connectivity index (χ3v) is 6.10. The van der Waals surface area contributed by atoms with Gasteiger partial charge in [0.1, 0.15) is 17.2 Å². The molecule has 0 aliphatic carbocycles. The number of rotatable bonds is 11. The Morgan fingerprint density at radius 2 is 0.889 bits per heavy atom. The Hall–Kier alpha value is -3.56. The number of hydrogen-bond acceptors (Lipinski definition) is 3. The molecule has 0 radical (unpaired) electrons. The highest BCUT2D eigenvalue weighted by Gasteiger charge is 2.04. The predicted octanol–water partition coefficient (Wildman–Crippen LogP) is 8.55. The average Bonchev–Trinajstić information content (AvgIpc) is 2.87. The van der Waals surface area contributed by atoms with Crippen LogP contribution in [0.5, 0.6) is 17.2 Å². The molecule has 186 valence electrons. The van der Waals surface area contributed by atoms with E-state index in [1.54, 1.807) is 0 Å². The van der Waals surface area contributed by atoms with Gasteiger partial charge in [-0.2, -0.15) is 0 Å². The fourth-order valence-corrected chi connectivity index (χ4v) is 3.92. The minimum Gasteiger partial charge on any atom is -0.468 e. The number of hydrogen-bond donors (Lipinski definition) is 0. The second kappa shape index (κ2) is 12.4. The van der Waals surface area contributed by atoms with Crippen LogP contribution >= 0.6 is 0 Å². The molecule has 0 saturated carbocycles. The van der Waals surface area contributed by atoms with Gasteiger partial charge in [-0.1, -0.05) is 74.5 Å². The Balaban J connectivity index is 1.27.